The van der Waals surface area contributed by atoms with E-state index in [4.69, 9.17) is 0 Å². The predicted octanol–water partition coefficient (Wildman–Crippen LogP) is 5.47. The molecule has 0 amide bonds. The van der Waals surface area contributed by atoms with Gasteiger partial charge in [0.2, 0.25) is 0 Å². The number of hydrogen-bond acceptors (Lipinski definition) is 2. The van der Waals surface area contributed by atoms with Crippen LogP contribution in [0.25, 0.3) is 6.08 Å². The Labute approximate surface area is 129 Å². The lowest BCUT2D eigenvalue weighted by Crippen LogP contribution is -2.27. The van der Waals surface area contributed by atoms with Crippen LogP contribution in [0.2, 0.25) is 0 Å². The molecule has 3 heteroatoms. The molecule has 1 fully saturated rings. The zero-order chi connectivity index (χ0) is 13.7. The maximum absolute atomic E-state index is 3.59. The molecule has 0 unspecified atom stereocenters. The normalized spacial score (nSPS) is 18.2. The molecule has 106 valence electrons. The van der Waals surface area contributed by atoms with Crippen LogP contribution in [0.1, 0.15) is 50.8 Å². The third kappa shape index (κ3) is 5.05. The van der Waals surface area contributed by atoms with Gasteiger partial charge in [-0.25, -0.2) is 0 Å². The van der Waals surface area contributed by atoms with Gasteiger partial charge in [-0.1, -0.05) is 38.7 Å². The van der Waals surface area contributed by atoms with Gasteiger partial charge in [0.1, 0.15) is 0 Å². The van der Waals surface area contributed by atoms with E-state index in [9.17, 15) is 0 Å². The van der Waals surface area contributed by atoms with E-state index < -0.39 is 0 Å². The Bertz CT molecular complexity index is 416. The largest absolute Gasteiger partial charge is 0.311 e. The Hall–Kier alpha value is -0.120. The summed E-state index contributed by atoms with van der Waals surface area (Å²) in [5, 5.41) is 5.76. The smallest absolute Gasteiger partial charge is 0.0288 e. The number of thiophene rings is 1. The van der Waals surface area contributed by atoms with E-state index in [0.717, 1.165) is 12.5 Å². The average molecular weight is 342 g/mol. The van der Waals surface area contributed by atoms with Crippen LogP contribution in [0, 0.1) is 5.92 Å². The molecule has 1 N–H and O–H groups in total. The molecule has 0 aromatic carbocycles. The molecule has 0 atom stereocenters. The lowest BCUT2D eigenvalue weighted by molar-refractivity contribution is 0.394. The van der Waals surface area contributed by atoms with Crippen molar-refractivity contribution >= 4 is 33.3 Å². The highest BCUT2D eigenvalue weighted by Gasteiger charge is 2.18. The van der Waals surface area contributed by atoms with Crippen LogP contribution in [0.15, 0.2) is 21.5 Å². The fourth-order valence-electron chi connectivity index (χ4n) is 2.70. The Morgan fingerprint density at radius 3 is 2.74 bits per heavy atom. The van der Waals surface area contributed by atoms with Crippen LogP contribution in [0.5, 0.6) is 0 Å². The monoisotopic (exact) mass is 341 g/mol. The van der Waals surface area contributed by atoms with Gasteiger partial charge in [0.15, 0.2) is 0 Å². The van der Waals surface area contributed by atoms with E-state index in [2.05, 4.69) is 52.6 Å². The van der Waals surface area contributed by atoms with Crippen LogP contribution in [0.3, 0.4) is 0 Å². The van der Waals surface area contributed by atoms with Crippen molar-refractivity contribution in [2.45, 2.75) is 52.0 Å². The van der Waals surface area contributed by atoms with E-state index in [0.29, 0.717) is 6.04 Å². The first-order valence-electron chi connectivity index (χ1n) is 7.33. The minimum Gasteiger partial charge on any atom is -0.311 e. The molecule has 1 aliphatic carbocycles. The highest BCUT2D eigenvalue weighted by molar-refractivity contribution is 9.10. The molecule has 0 radical (unpaired) electrons. The summed E-state index contributed by atoms with van der Waals surface area (Å²) in [6.45, 7) is 5.48. The van der Waals surface area contributed by atoms with Crippen LogP contribution >= 0.6 is 27.3 Å². The first kappa shape index (κ1) is 15.3. The summed E-state index contributed by atoms with van der Waals surface area (Å²) in [4.78, 5) is 1.37. The van der Waals surface area contributed by atoms with Crippen LogP contribution in [-0.4, -0.2) is 12.6 Å². The van der Waals surface area contributed by atoms with Gasteiger partial charge in [0, 0.05) is 27.3 Å². The van der Waals surface area contributed by atoms with Crippen molar-refractivity contribution in [3.05, 3.63) is 26.4 Å². The maximum atomic E-state index is 3.59. The highest BCUT2D eigenvalue weighted by Crippen LogP contribution is 2.32. The van der Waals surface area contributed by atoms with Crippen molar-refractivity contribution in [3.63, 3.8) is 0 Å². The summed E-state index contributed by atoms with van der Waals surface area (Å²) in [5.74, 6) is 0.792. The van der Waals surface area contributed by atoms with E-state index in [1.165, 1.54) is 41.5 Å². The summed E-state index contributed by atoms with van der Waals surface area (Å²) in [7, 11) is 0. The summed E-state index contributed by atoms with van der Waals surface area (Å²) < 4.78 is 1.20. The van der Waals surface area contributed by atoms with Gasteiger partial charge >= 0.3 is 0 Å². The maximum Gasteiger partial charge on any atom is 0.0288 e. The third-order valence-corrected chi connectivity index (χ3v) is 5.40. The first-order chi connectivity index (χ1) is 9.15. The van der Waals surface area contributed by atoms with Gasteiger partial charge in [-0.3, -0.25) is 0 Å². The second-order valence-corrected chi connectivity index (χ2v) is 7.62. The van der Waals surface area contributed by atoms with E-state index in [-0.39, 0.29) is 0 Å². The highest BCUT2D eigenvalue weighted by atomic mass is 79.9. The first-order valence-corrected chi connectivity index (χ1v) is 9.00. The van der Waals surface area contributed by atoms with Gasteiger partial charge in [-0.2, -0.15) is 0 Å². The fourth-order valence-corrected chi connectivity index (χ4v) is 4.10. The number of halogens is 1. The molecule has 0 saturated heterocycles. The second kappa shape index (κ2) is 7.61. The standard InChI is InChI=1S/C16H24BrNS/c1-12(2)18-10-14(13-6-4-3-5-7-13)8-16-9-15(17)11-19-16/h8-9,11-13,18H,3-7,10H2,1-2H3. The van der Waals surface area contributed by atoms with E-state index >= 15 is 0 Å². The van der Waals surface area contributed by atoms with Crippen molar-refractivity contribution < 1.29 is 0 Å². The third-order valence-electron chi connectivity index (χ3n) is 3.76. The predicted molar refractivity (Wildman–Crippen MR) is 89.7 cm³/mol. The van der Waals surface area contributed by atoms with Crippen molar-refractivity contribution in [1.82, 2.24) is 5.32 Å². The van der Waals surface area contributed by atoms with Gasteiger partial charge in [0.05, 0.1) is 0 Å². The zero-order valence-corrected chi connectivity index (χ0v) is 14.3. The Balaban J connectivity index is 2.10. The molecule has 1 aliphatic rings. The molecule has 2 rings (SSSR count). The lowest BCUT2D eigenvalue weighted by atomic mass is 9.83. The number of rotatable bonds is 5. The van der Waals surface area contributed by atoms with Crippen molar-refractivity contribution in [2.24, 2.45) is 5.92 Å². The summed E-state index contributed by atoms with van der Waals surface area (Å²) in [5.41, 5.74) is 1.60. The molecule has 1 nitrogen and oxygen atoms in total. The molecule has 1 heterocycles. The van der Waals surface area contributed by atoms with E-state index in [1.54, 1.807) is 5.57 Å². The van der Waals surface area contributed by atoms with Gasteiger partial charge in [-0.05, 0) is 46.8 Å². The topological polar surface area (TPSA) is 12.0 Å². The summed E-state index contributed by atoms with van der Waals surface area (Å²) in [6.07, 6.45) is 9.39. The molecular formula is C16H24BrNS. The number of nitrogens with one attached hydrogen (secondary N) is 1. The molecule has 0 aliphatic heterocycles. The number of hydrogen-bond donors (Lipinski definition) is 1. The molecular weight excluding hydrogens is 318 g/mol. The van der Waals surface area contributed by atoms with Crippen molar-refractivity contribution in [3.8, 4) is 0 Å². The minimum atomic E-state index is 0.557. The molecule has 1 aromatic rings. The lowest BCUT2D eigenvalue weighted by Gasteiger charge is -2.25. The van der Waals surface area contributed by atoms with Crippen molar-refractivity contribution in [1.29, 1.82) is 0 Å². The zero-order valence-electron chi connectivity index (χ0n) is 11.9. The molecule has 0 bridgehead atoms. The Morgan fingerprint density at radius 2 is 2.16 bits per heavy atom. The molecule has 1 saturated carbocycles. The van der Waals surface area contributed by atoms with Gasteiger partial charge in [-0.15, -0.1) is 11.3 Å². The summed E-state index contributed by atoms with van der Waals surface area (Å²) >= 11 is 5.37. The second-order valence-electron chi connectivity index (χ2n) is 5.76. The quantitative estimate of drug-likeness (QED) is 0.748. The Kier molecular flexibility index (Phi) is 6.11. The van der Waals surface area contributed by atoms with Crippen molar-refractivity contribution in [2.75, 3.05) is 6.54 Å². The Morgan fingerprint density at radius 1 is 1.42 bits per heavy atom. The summed E-state index contributed by atoms with van der Waals surface area (Å²) in [6, 6.07) is 2.78. The molecule has 19 heavy (non-hydrogen) atoms. The van der Waals surface area contributed by atoms with Crippen LogP contribution in [0.4, 0.5) is 0 Å². The fraction of sp³-hybridized carbons (Fsp3) is 0.625. The molecule has 1 aromatic heterocycles. The van der Waals surface area contributed by atoms with Gasteiger partial charge in [0.25, 0.3) is 0 Å². The van der Waals surface area contributed by atoms with Crippen LogP contribution < -0.4 is 5.32 Å². The molecule has 0 spiro atoms. The van der Waals surface area contributed by atoms with Crippen LogP contribution in [-0.2, 0) is 0 Å². The van der Waals surface area contributed by atoms with E-state index in [1.807, 2.05) is 11.3 Å². The SMILES string of the molecule is CC(C)NCC(=Cc1cc(Br)cs1)C1CCCCC1. The minimum absolute atomic E-state index is 0.557. The van der Waals surface area contributed by atoms with Gasteiger partial charge < -0.3 is 5.32 Å². The average Bonchev–Trinajstić information content (AvgIpc) is 2.81.